The molecule has 0 fully saturated rings. The number of halogens is 3. The van der Waals surface area contributed by atoms with Crippen LogP contribution in [0.15, 0.2) is 42.5 Å². The van der Waals surface area contributed by atoms with Crippen molar-refractivity contribution in [2.24, 2.45) is 0 Å². The molecule has 2 aromatic carbocycles. The maximum absolute atomic E-state index is 13.4. The normalized spacial score (nSPS) is 11.8. The lowest BCUT2D eigenvalue weighted by Gasteiger charge is -2.14. The Balaban J connectivity index is 1.95. The van der Waals surface area contributed by atoms with Crippen molar-refractivity contribution < 1.29 is 23.1 Å². The van der Waals surface area contributed by atoms with Crippen molar-refractivity contribution >= 4 is 11.7 Å². The number of nitrogens with one attached hydrogen (secondary N) is 2. The summed E-state index contributed by atoms with van der Waals surface area (Å²) in [6.07, 6.45) is -1.28. The molecule has 3 N–H and O–H groups in total. The van der Waals surface area contributed by atoms with Crippen molar-refractivity contribution in [3.8, 4) is 0 Å². The first-order chi connectivity index (χ1) is 10.5. The van der Waals surface area contributed by atoms with E-state index in [1.807, 2.05) is 5.32 Å². The summed E-state index contributed by atoms with van der Waals surface area (Å²) < 4.78 is 40.1. The first-order valence-corrected chi connectivity index (χ1v) is 6.40. The van der Waals surface area contributed by atoms with Crippen LogP contribution in [0.5, 0.6) is 0 Å². The average molecular weight is 310 g/mol. The van der Waals surface area contributed by atoms with Crippen molar-refractivity contribution in [1.29, 1.82) is 0 Å². The molecule has 116 valence electrons. The van der Waals surface area contributed by atoms with E-state index in [0.717, 1.165) is 18.2 Å². The van der Waals surface area contributed by atoms with Crippen LogP contribution in [0.25, 0.3) is 0 Å². The van der Waals surface area contributed by atoms with E-state index in [9.17, 15) is 23.1 Å². The van der Waals surface area contributed by atoms with Gasteiger partial charge in [0.15, 0.2) is 0 Å². The largest absolute Gasteiger partial charge is 0.386 e. The minimum absolute atomic E-state index is 0.0138. The van der Waals surface area contributed by atoms with Crippen LogP contribution in [0, 0.1) is 17.5 Å². The van der Waals surface area contributed by atoms with E-state index in [2.05, 4.69) is 5.32 Å². The summed E-state index contributed by atoms with van der Waals surface area (Å²) in [5, 5.41) is 14.0. The van der Waals surface area contributed by atoms with Gasteiger partial charge in [-0.3, -0.25) is 0 Å². The van der Waals surface area contributed by atoms with Gasteiger partial charge in [0.25, 0.3) is 0 Å². The first-order valence-electron chi connectivity index (χ1n) is 6.40. The van der Waals surface area contributed by atoms with Crippen molar-refractivity contribution in [1.82, 2.24) is 5.32 Å². The van der Waals surface area contributed by atoms with Crippen LogP contribution in [0.1, 0.15) is 11.7 Å². The Morgan fingerprint density at radius 2 is 1.59 bits per heavy atom. The Hall–Kier alpha value is -2.54. The van der Waals surface area contributed by atoms with Crippen molar-refractivity contribution in [3.63, 3.8) is 0 Å². The van der Waals surface area contributed by atoms with Gasteiger partial charge >= 0.3 is 6.03 Å². The van der Waals surface area contributed by atoms with E-state index >= 15 is 0 Å². The van der Waals surface area contributed by atoms with E-state index < -0.39 is 35.3 Å². The molecule has 0 saturated heterocycles. The van der Waals surface area contributed by atoms with Crippen LogP contribution in [-0.2, 0) is 0 Å². The van der Waals surface area contributed by atoms with Gasteiger partial charge in [0, 0.05) is 12.1 Å². The number of aliphatic hydroxyl groups is 1. The standard InChI is InChI=1S/C15H13F3N2O2/c16-10-5-2-1-4-9(10)13(21)8-19-15(22)20-14-11(17)6-3-7-12(14)18/h1-7,13,21H,8H2,(H2,19,20,22)/t13-/m1/s1. The van der Waals surface area contributed by atoms with Crippen LogP contribution in [0.4, 0.5) is 23.7 Å². The molecule has 22 heavy (non-hydrogen) atoms. The summed E-state index contributed by atoms with van der Waals surface area (Å²) in [4.78, 5) is 11.6. The van der Waals surface area contributed by atoms with Crippen LogP contribution < -0.4 is 10.6 Å². The molecule has 0 aliphatic carbocycles. The summed E-state index contributed by atoms with van der Waals surface area (Å²) in [5.41, 5.74) is -0.583. The smallest absolute Gasteiger partial charge is 0.319 e. The van der Waals surface area contributed by atoms with Crippen LogP contribution in [0.2, 0.25) is 0 Å². The quantitative estimate of drug-likeness (QED) is 0.813. The molecule has 2 aromatic rings. The molecular formula is C15H13F3N2O2. The number of urea groups is 1. The Bertz CT molecular complexity index is 659. The zero-order valence-corrected chi connectivity index (χ0v) is 11.3. The van der Waals surface area contributed by atoms with E-state index in [1.165, 1.54) is 24.3 Å². The molecular weight excluding hydrogens is 297 g/mol. The van der Waals surface area contributed by atoms with Gasteiger partial charge in [-0.05, 0) is 18.2 Å². The fourth-order valence-electron chi connectivity index (χ4n) is 1.82. The number of hydrogen-bond donors (Lipinski definition) is 3. The Kier molecular flexibility index (Phi) is 5.00. The third-order valence-corrected chi connectivity index (χ3v) is 2.92. The lowest BCUT2D eigenvalue weighted by molar-refractivity contribution is 0.170. The van der Waals surface area contributed by atoms with Gasteiger partial charge in [-0.25, -0.2) is 18.0 Å². The highest BCUT2D eigenvalue weighted by Gasteiger charge is 2.15. The lowest BCUT2D eigenvalue weighted by atomic mass is 10.1. The van der Waals surface area contributed by atoms with Gasteiger partial charge in [0.05, 0.1) is 6.10 Å². The Morgan fingerprint density at radius 1 is 1.00 bits per heavy atom. The second-order valence-corrected chi connectivity index (χ2v) is 4.47. The van der Waals surface area contributed by atoms with E-state index in [-0.39, 0.29) is 12.1 Å². The number of rotatable bonds is 4. The SMILES string of the molecule is O=C(NC[C@@H](O)c1ccccc1F)Nc1c(F)cccc1F. The molecule has 0 spiro atoms. The van der Waals surface area contributed by atoms with Gasteiger partial charge in [0.1, 0.15) is 23.1 Å². The minimum Gasteiger partial charge on any atom is -0.386 e. The molecule has 2 amide bonds. The van der Waals surface area contributed by atoms with Gasteiger partial charge in [-0.15, -0.1) is 0 Å². The minimum atomic E-state index is -1.28. The number of hydrogen-bond acceptors (Lipinski definition) is 2. The molecule has 0 bridgehead atoms. The summed E-state index contributed by atoms with van der Waals surface area (Å²) in [6.45, 7) is -0.317. The van der Waals surface area contributed by atoms with Crippen molar-refractivity contribution in [3.05, 3.63) is 65.5 Å². The number of carbonyl (C=O) groups excluding carboxylic acids is 1. The molecule has 0 aromatic heterocycles. The maximum Gasteiger partial charge on any atom is 0.319 e. The molecule has 0 unspecified atom stereocenters. The van der Waals surface area contributed by atoms with Gasteiger partial charge in [-0.1, -0.05) is 24.3 Å². The first kappa shape index (κ1) is 15.8. The Labute approximate surface area is 124 Å². The van der Waals surface area contributed by atoms with Gasteiger partial charge in [-0.2, -0.15) is 0 Å². The van der Waals surface area contributed by atoms with Crippen LogP contribution in [-0.4, -0.2) is 17.7 Å². The number of benzene rings is 2. The number of para-hydroxylation sites is 1. The second kappa shape index (κ2) is 6.95. The predicted octanol–water partition coefficient (Wildman–Crippen LogP) is 2.96. The maximum atomic E-state index is 13.4. The fraction of sp³-hybridized carbons (Fsp3) is 0.133. The second-order valence-electron chi connectivity index (χ2n) is 4.47. The van der Waals surface area contributed by atoms with Crippen LogP contribution >= 0.6 is 0 Å². The van der Waals surface area contributed by atoms with E-state index in [1.54, 1.807) is 0 Å². The van der Waals surface area contributed by atoms with Gasteiger partial charge in [0.2, 0.25) is 0 Å². The third kappa shape index (κ3) is 3.76. The van der Waals surface area contributed by atoms with E-state index in [4.69, 9.17) is 0 Å². The summed E-state index contributed by atoms with van der Waals surface area (Å²) in [5.74, 6) is -2.47. The molecule has 1 atom stereocenters. The predicted molar refractivity (Wildman–Crippen MR) is 74.7 cm³/mol. The van der Waals surface area contributed by atoms with Crippen molar-refractivity contribution in [2.75, 3.05) is 11.9 Å². The fourth-order valence-corrected chi connectivity index (χ4v) is 1.82. The summed E-state index contributed by atoms with van der Waals surface area (Å²) in [7, 11) is 0. The molecule has 0 aliphatic heterocycles. The molecule has 0 radical (unpaired) electrons. The highest BCUT2D eigenvalue weighted by Crippen LogP contribution is 2.18. The molecule has 0 heterocycles. The molecule has 2 rings (SSSR count). The zero-order chi connectivity index (χ0) is 16.1. The molecule has 7 heteroatoms. The average Bonchev–Trinajstić information content (AvgIpc) is 2.49. The van der Waals surface area contributed by atoms with Crippen molar-refractivity contribution in [2.45, 2.75) is 6.10 Å². The van der Waals surface area contributed by atoms with Crippen LogP contribution in [0.3, 0.4) is 0 Å². The molecule has 0 aliphatic rings. The number of aliphatic hydroxyl groups excluding tert-OH is 1. The molecule has 4 nitrogen and oxygen atoms in total. The topological polar surface area (TPSA) is 61.4 Å². The van der Waals surface area contributed by atoms with E-state index in [0.29, 0.717) is 0 Å². The number of amides is 2. The number of anilines is 1. The lowest BCUT2D eigenvalue weighted by Crippen LogP contribution is -2.33. The monoisotopic (exact) mass is 310 g/mol. The Morgan fingerprint density at radius 3 is 2.23 bits per heavy atom. The van der Waals surface area contributed by atoms with Gasteiger partial charge < -0.3 is 15.7 Å². The summed E-state index contributed by atoms with van der Waals surface area (Å²) in [6, 6.07) is 7.78. The zero-order valence-electron chi connectivity index (χ0n) is 11.3. The highest BCUT2D eigenvalue weighted by molar-refractivity contribution is 5.89. The molecule has 0 saturated carbocycles. The summed E-state index contributed by atoms with van der Waals surface area (Å²) >= 11 is 0. The highest BCUT2D eigenvalue weighted by atomic mass is 19.1. The third-order valence-electron chi connectivity index (χ3n) is 2.92. The number of carbonyl (C=O) groups is 1.